The van der Waals surface area contributed by atoms with Gasteiger partial charge in [0.2, 0.25) is 0 Å². The molecule has 0 aromatic carbocycles. The molecule has 0 aliphatic rings. The summed E-state index contributed by atoms with van der Waals surface area (Å²) in [5, 5.41) is 0.102. The Balaban J connectivity index is 3.26. The zero-order valence-corrected chi connectivity index (χ0v) is 5.99. The van der Waals surface area contributed by atoms with Crippen LogP contribution in [0.1, 0.15) is 6.42 Å². The van der Waals surface area contributed by atoms with Crippen molar-refractivity contribution in [1.82, 2.24) is 0 Å². The van der Waals surface area contributed by atoms with E-state index < -0.39 is 0 Å². The van der Waals surface area contributed by atoms with E-state index in [1.54, 1.807) is 17.9 Å². The largest absolute Gasteiger partial charge is 0.287 e. The number of carbonyl (C=O) groups excluding carboxylic acids is 1. The highest BCUT2D eigenvalue weighted by molar-refractivity contribution is 8.15. The van der Waals surface area contributed by atoms with E-state index in [0.29, 0.717) is 6.42 Å². The van der Waals surface area contributed by atoms with Crippen molar-refractivity contribution in [2.45, 2.75) is 6.42 Å². The van der Waals surface area contributed by atoms with E-state index in [-0.39, 0.29) is 5.12 Å². The first-order valence-electron chi connectivity index (χ1n) is 2.56. The fourth-order valence-electron chi connectivity index (χ4n) is 0.290. The van der Waals surface area contributed by atoms with Crippen molar-refractivity contribution in [2.75, 3.05) is 0 Å². The van der Waals surface area contributed by atoms with Crippen molar-refractivity contribution in [1.29, 1.82) is 0 Å². The van der Waals surface area contributed by atoms with Crippen LogP contribution in [0.3, 0.4) is 0 Å². The zero-order chi connectivity index (χ0) is 7.11. The van der Waals surface area contributed by atoms with Crippen LogP contribution >= 0.6 is 11.8 Å². The predicted molar refractivity (Wildman–Crippen MR) is 41.9 cm³/mol. The molecule has 0 N–H and O–H groups in total. The molecule has 0 spiro atoms. The van der Waals surface area contributed by atoms with Crippen LogP contribution in [0.15, 0.2) is 25.3 Å². The summed E-state index contributed by atoms with van der Waals surface area (Å²) < 4.78 is 0. The van der Waals surface area contributed by atoms with Gasteiger partial charge in [0.1, 0.15) is 0 Å². The summed E-state index contributed by atoms with van der Waals surface area (Å²) in [7, 11) is 0. The summed E-state index contributed by atoms with van der Waals surface area (Å²) in [5.74, 6) is 1.66. The summed E-state index contributed by atoms with van der Waals surface area (Å²) in [6.07, 6.45) is 3.60. The second kappa shape index (κ2) is 5.63. The molecule has 0 fully saturated rings. The van der Waals surface area contributed by atoms with Crippen LogP contribution in [0.2, 0.25) is 0 Å². The average Bonchev–Trinajstić information content (AvgIpc) is 1.85. The summed E-state index contributed by atoms with van der Waals surface area (Å²) in [6.45, 7) is 6.87. The first-order chi connectivity index (χ1) is 4.31. The van der Waals surface area contributed by atoms with Gasteiger partial charge in [0.05, 0.1) is 0 Å². The van der Waals surface area contributed by atoms with E-state index in [4.69, 9.17) is 0 Å². The van der Waals surface area contributed by atoms with E-state index in [1.807, 2.05) is 0 Å². The molecule has 9 heavy (non-hydrogen) atoms. The number of rotatable bonds is 4. The van der Waals surface area contributed by atoms with Crippen LogP contribution in [0.25, 0.3) is 0 Å². The van der Waals surface area contributed by atoms with Gasteiger partial charge in [-0.1, -0.05) is 23.9 Å². The SMILES string of the molecule is C=C[CH]SC(=O)CC=C. The molecule has 0 rings (SSSR count). The van der Waals surface area contributed by atoms with E-state index in [1.165, 1.54) is 0 Å². The average molecular weight is 141 g/mol. The minimum Gasteiger partial charge on any atom is -0.287 e. The lowest BCUT2D eigenvalue weighted by molar-refractivity contribution is -0.110. The van der Waals surface area contributed by atoms with Crippen LogP contribution in [-0.2, 0) is 4.79 Å². The van der Waals surface area contributed by atoms with Gasteiger partial charge in [0, 0.05) is 12.2 Å². The van der Waals surface area contributed by atoms with Crippen molar-refractivity contribution in [3.05, 3.63) is 31.1 Å². The van der Waals surface area contributed by atoms with Crippen molar-refractivity contribution < 1.29 is 4.79 Å². The molecule has 49 valence electrons. The van der Waals surface area contributed by atoms with Crippen molar-refractivity contribution in [3.63, 3.8) is 0 Å². The van der Waals surface area contributed by atoms with E-state index in [9.17, 15) is 4.79 Å². The molecule has 2 heteroatoms. The quantitative estimate of drug-likeness (QED) is 0.558. The fraction of sp³-hybridized carbons (Fsp3) is 0.143. The molecule has 1 radical (unpaired) electrons. The molecule has 0 saturated heterocycles. The molecule has 0 amide bonds. The first-order valence-corrected chi connectivity index (χ1v) is 3.44. The van der Waals surface area contributed by atoms with Crippen LogP contribution in [-0.4, -0.2) is 5.12 Å². The number of hydrogen-bond acceptors (Lipinski definition) is 2. The van der Waals surface area contributed by atoms with Crippen LogP contribution in [0, 0.1) is 5.75 Å². The fourth-order valence-corrected chi connectivity index (χ4v) is 0.752. The maximum atomic E-state index is 10.6. The lowest BCUT2D eigenvalue weighted by atomic mass is 10.5. The van der Waals surface area contributed by atoms with E-state index in [2.05, 4.69) is 13.2 Å². The van der Waals surface area contributed by atoms with Crippen molar-refractivity contribution in [3.8, 4) is 0 Å². The lowest BCUT2D eigenvalue weighted by Crippen LogP contribution is -1.85. The highest BCUT2D eigenvalue weighted by Crippen LogP contribution is 2.09. The third-order valence-corrected chi connectivity index (χ3v) is 1.36. The van der Waals surface area contributed by atoms with Gasteiger partial charge >= 0.3 is 0 Å². The normalized spacial score (nSPS) is 8.44. The van der Waals surface area contributed by atoms with Gasteiger partial charge in [-0.2, -0.15) is 0 Å². The maximum absolute atomic E-state index is 10.6. The molecule has 0 aliphatic heterocycles. The Labute approximate surface area is 59.8 Å². The zero-order valence-electron chi connectivity index (χ0n) is 5.17. The number of hydrogen-bond donors (Lipinski definition) is 0. The molecule has 0 aliphatic carbocycles. The molecular weight excluding hydrogens is 132 g/mol. The molecule has 0 bridgehead atoms. The van der Waals surface area contributed by atoms with E-state index >= 15 is 0 Å². The smallest absolute Gasteiger partial charge is 0.193 e. The van der Waals surface area contributed by atoms with E-state index in [0.717, 1.165) is 11.8 Å². The van der Waals surface area contributed by atoms with Gasteiger partial charge in [-0.3, -0.25) is 4.79 Å². The molecule has 1 nitrogen and oxygen atoms in total. The van der Waals surface area contributed by atoms with Crippen LogP contribution in [0.5, 0.6) is 0 Å². The van der Waals surface area contributed by atoms with Gasteiger partial charge in [-0.05, 0) is 0 Å². The Morgan fingerprint density at radius 1 is 1.56 bits per heavy atom. The van der Waals surface area contributed by atoms with Gasteiger partial charge in [-0.15, -0.1) is 13.2 Å². The Hall–Kier alpha value is -0.500. The first kappa shape index (κ1) is 8.50. The Morgan fingerprint density at radius 2 is 2.22 bits per heavy atom. The van der Waals surface area contributed by atoms with Gasteiger partial charge < -0.3 is 0 Å². The predicted octanol–water partition coefficient (Wildman–Crippen LogP) is 2.17. The van der Waals surface area contributed by atoms with Gasteiger partial charge in [0.25, 0.3) is 0 Å². The topological polar surface area (TPSA) is 17.1 Å². The van der Waals surface area contributed by atoms with Crippen LogP contribution < -0.4 is 0 Å². The monoisotopic (exact) mass is 141 g/mol. The molecule has 0 atom stereocenters. The summed E-state index contributed by atoms with van der Waals surface area (Å²) >= 11 is 1.15. The highest BCUT2D eigenvalue weighted by Gasteiger charge is 1.95. The Bertz CT molecular complexity index is 118. The minimum atomic E-state index is 0.102. The Morgan fingerprint density at radius 3 is 2.67 bits per heavy atom. The lowest BCUT2D eigenvalue weighted by Gasteiger charge is -1.89. The number of thioether (sulfide) groups is 1. The molecule has 0 heterocycles. The summed E-state index contributed by atoms with van der Waals surface area (Å²) in [4.78, 5) is 10.6. The molecule has 0 saturated carbocycles. The highest BCUT2D eigenvalue weighted by atomic mass is 32.2. The molecular formula is C7H9OS. The van der Waals surface area contributed by atoms with Crippen molar-refractivity contribution in [2.24, 2.45) is 0 Å². The molecule has 0 unspecified atom stereocenters. The van der Waals surface area contributed by atoms with Crippen molar-refractivity contribution >= 4 is 16.9 Å². The third-order valence-electron chi connectivity index (χ3n) is 0.607. The standard InChI is InChI=1S/C7H9OS/c1-3-5-7(8)9-6-4-2/h3-4,6H,1-2,5H2. The minimum absolute atomic E-state index is 0.102. The maximum Gasteiger partial charge on any atom is 0.193 e. The summed E-state index contributed by atoms with van der Waals surface area (Å²) in [5.41, 5.74) is 0. The summed E-state index contributed by atoms with van der Waals surface area (Å²) in [6, 6.07) is 0. The number of allylic oxidation sites excluding steroid dienone is 1. The van der Waals surface area contributed by atoms with Gasteiger partial charge in [-0.25, -0.2) is 0 Å². The second-order valence-corrected chi connectivity index (χ2v) is 2.32. The van der Waals surface area contributed by atoms with Gasteiger partial charge in [0.15, 0.2) is 5.12 Å². The second-order valence-electron chi connectivity index (χ2n) is 1.35. The Kier molecular flexibility index (Phi) is 5.32. The molecule has 0 aromatic heterocycles. The third kappa shape index (κ3) is 5.37. The number of carbonyl (C=O) groups is 1. The molecule has 0 aromatic rings. The van der Waals surface area contributed by atoms with Crippen LogP contribution in [0.4, 0.5) is 0 Å².